The Hall–Kier alpha value is -1.95. The summed E-state index contributed by atoms with van der Waals surface area (Å²) in [7, 11) is 2.15. The van der Waals surface area contributed by atoms with Crippen molar-refractivity contribution in [2.45, 2.75) is 37.7 Å². The predicted molar refractivity (Wildman–Crippen MR) is 118 cm³/mol. The summed E-state index contributed by atoms with van der Waals surface area (Å²) in [5.41, 5.74) is 0.461. The van der Waals surface area contributed by atoms with Crippen molar-refractivity contribution in [2.75, 3.05) is 39.8 Å². The van der Waals surface area contributed by atoms with Crippen LogP contribution >= 0.6 is 0 Å². The zero-order valence-electron chi connectivity index (χ0n) is 17.9. The van der Waals surface area contributed by atoms with E-state index < -0.39 is 5.60 Å². The number of halogens is 1. The smallest absolute Gasteiger partial charge is 0.126 e. The first-order valence-corrected chi connectivity index (χ1v) is 11.2. The maximum atomic E-state index is 14.6. The number of likely N-dealkylation sites (N-methyl/N-ethyl adjacent to an activating group) is 1. The van der Waals surface area contributed by atoms with Crippen LogP contribution in [0.1, 0.15) is 37.0 Å². The average molecular weight is 413 g/mol. The molecular formula is C25H33FN2O2. The van der Waals surface area contributed by atoms with Gasteiger partial charge in [-0.05, 0) is 61.7 Å². The lowest BCUT2D eigenvalue weighted by molar-refractivity contribution is -0.00703. The number of rotatable bonds is 5. The first-order valence-electron chi connectivity index (χ1n) is 11.2. The van der Waals surface area contributed by atoms with Gasteiger partial charge in [-0.15, -0.1) is 0 Å². The highest BCUT2D eigenvalue weighted by molar-refractivity contribution is 5.51. The number of nitrogens with zero attached hydrogens (tertiary/aromatic N) is 2. The van der Waals surface area contributed by atoms with Crippen LogP contribution in [0.3, 0.4) is 0 Å². The zero-order valence-corrected chi connectivity index (χ0v) is 17.9. The van der Waals surface area contributed by atoms with Crippen molar-refractivity contribution in [1.82, 2.24) is 9.80 Å². The first-order chi connectivity index (χ1) is 14.5. The van der Waals surface area contributed by atoms with Crippen LogP contribution in [0.5, 0.6) is 0 Å². The molecule has 2 atom stereocenters. The van der Waals surface area contributed by atoms with Crippen LogP contribution in [-0.2, 0) is 6.42 Å². The Bertz CT molecular complexity index is 843. The van der Waals surface area contributed by atoms with Crippen molar-refractivity contribution in [3.8, 4) is 0 Å². The molecule has 2 fully saturated rings. The van der Waals surface area contributed by atoms with Gasteiger partial charge in [0.25, 0.3) is 0 Å². The van der Waals surface area contributed by atoms with Crippen LogP contribution in [0, 0.1) is 11.7 Å². The van der Waals surface area contributed by atoms with Gasteiger partial charge in [-0.1, -0.05) is 24.6 Å². The third kappa shape index (κ3) is 4.85. The SMILES string of the molecule is CN1CCN(CC2CCCCC(=Cc3ccco3)C2(O)Cc2ccccc2F)CC1. The molecule has 1 aromatic carbocycles. The van der Waals surface area contributed by atoms with Crippen molar-refractivity contribution in [3.05, 3.63) is 65.4 Å². The van der Waals surface area contributed by atoms with Gasteiger partial charge in [0.15, 0.2) is 0 Å². The topological polar surface area (TPSA) is 39.9 Å². The van der Waals surface area contributed by atoms with Crippen molar-refractivity contribution < 1.29 is 13.9 Å². The molecule has 1 saturated heterocycles. The molecule has 4 rings (SSSR count). The van der Waals surface area contributed by atoms with E-state index >= 15 is 0 Å². The summed E-state index contributed by atoms with van der Waals surface area (Å²) in [5.74, 6) is 0.562. The summed E-state index contributed by atoms with van der Waals surface area (Å²) in [6, 6.07) is 10.6. The van der Waals surface area contributed by atoms with Gasteiger partial charge in [0, 0.05) is 45.1 Å². The summed E-state index contributed by atoms with van der Waals surface area (Å²) >= 11 is 0. The lowest BCUT2D eigenvalue weighted by Crippen LogP contribution is -2.51. The van der Waals surface area contributed by atoms with Gasteiger partial charge >= 0.3 is 0 Å². The third-order valence-electron chi connectivity index (χ3n) is 6.83. The second-order valence-corrected chi connectivity index (χ2v) is 8.92. The van der Waals surface area contributed by atoms with E-state index in [1.807, 2.05) is 24.3 Å². The minimum atomic E-state index is -1.09. The van der Waals surface area contributed by atoms with Crippen LogP contribution in [0.25, 0.3) is 6.08 Å². The molecule has 1 aliphatic carbocycles. The Morgan fingerprint density at radius 2 is 1.93 bits per heavy atom. The highest BCUT2D eigenvalue weighted by Crippen LogP contribution is 2.41. The standard InChI is InChI=1S/C25H33FN2O2/c1-27-12-14-28(15-13-27)19-22-9-4-3-8-21(17-23-10-6-16-30-23)25(22,29)18-20-7-2-5-11-24(20)26/h2,5-7,10-11,16-17,22,29H,3-4,8-9,12-15,18-19H2,1H3. The van der Waals surface area contributed by atoms with Gasteiger partial charge in [-0.3, -0.25) is 0 Å². The second kappa shape index (κ2) is 9.46. The van der Waals surface area contributed by atoms with E-state index in [1.54, 1.807) is 18.4 Å². The second-order valence-electron chi connectivity index (χ2n) is 8.92. The summed E-state index contributed by atoms with van der Waals surface area (Å²) in [6.45, 7) is 4.97. The molecule has 4 nitrogen and oxygen atoms in total. The number of piperazine rings is 1. The van der Waals surface area contributed by atoms with Crippen LogP contribution in [0.2, 0.25) is 0 Å². The molecule has 2 heterocycles. The number of hydrogen-bond acceptors (Lipinski definition) is 4. The molecule has 1 aromatic heterocycles. The summed E-state index contributed by atoms with van der Waals surface area (Å²) in [5, 5.41) is 12.2. The van der Waals surface area contributed by atoms with Gasteiger partial charge in [0.05, 0.1) is 11.9 Å². The monoisotopic (exact) mass is 412 g/mol. The summed E-state index contributed by atoms with van der Waals surface area (Å²) in [6.07, 6.45) is 7.81. The van der Waals surface area contributed by atoms with Crippen molar-refractivity contribution in [3.63, 3.8) is 0 Å². The number of hydrogen-bond donors (Lipinski definition) is 1. The molecule has 5 heteroatoms. The lowest BCUT2D eigenvalue weighted by Gasteiger charge is -2.42. The maximum absolute atomic E-state index is 14.6. The molecule has 162 valence electrons. The predicted octanol–water partition coefficient (Wildman–Crippen LogP) is 4.21. The van der Waals surface area contributed by atoms with Gasteiger partial charge in [0.2, 0.25) is 0 Å². The van der Waals surface area contributed by atoms with Gasteiger partial charge in [-0.25, -0.2) is 4.39 Å². The third-order valence-corrected chi connectivity index (χ3v) is 6.83. The van der Waals surface area contributed by atoms with Crippen molar-refractivity contribution in [2.24, 2.45) is 5.92 Å². The highest BCUT2D eigenvalue weighted by Gasteiger charge is 2.42. The molecule has 0 radical (unpaired) electrons. The Balaban J connectivity index is 1.67. The molecule has 0 amide bonds. The number of furan rings is 1. The lowest BCUT2D eigenvalue weighted by atomic mass is 9.75. The van der Waals surface area contributed by atoms with E-state index in [0.29, 0.717) is 12.0 Å². The molecular weight excluding hydrogens is 379 g/mol. The highest BCUT2D eigenvalue weighted by atomic mass is 19.1. The Kier molecular flexibility index (Phi) is 6.71. The van der Waals surface area contributed by atoms with Crippen molar-refractivity contribution >= 4 is 6.08 Å². The summed E-state index contributed by atoms with van der Waals surface area (Å²) < 4.78 is 20.1. The van der Waals surface area contributed by atoms with E-state index in [2.05, 4.69) is 16.8 Å². The normalized spacial score (nSPS) is 28.0. The van der Waals surface area contributed by atoms with Gasteiger partial charge < -0.3 is 19.3 Å². The van der Waals surface area contributed by atoms with Crippen LogP contribution < -0.4 is 0 Å². The fourth-order valence-corrected chi connectivity index (χ4v) is 4.94. The Labute approximate surface area is 179 Å². The van der Waals surface area contributed by atoms with Gasteiger partial charge in [0.1, 0.15) is 11.6 Å². The largest absolute Gasteiger partial charge is 0.465 e. The van der Waals surface area contributed by atoms with Crippen molar-refractivity contribution in [1.29, 1.82) is 0 Å². The van der Waals surface area contributed by atoms with E-state index in [9.17, 15) is 9.50 Å². The fourth-order valence-electron chi connectivity index (χ4n) is 4.94. The molecule has 1 N–H and O–H groups in total. The van der Waals surface area contributed by atoms with Gasteiger partial charge in [-0.2, -0.15) is 0 Å². The quantitative estimate of drug-likeness (QED) is 0.747. The Morgan fingerprint density at radius 3 is 2.67 bits per heavy atom. The maximum Gasteiger partial charge on any atom is 0.126 e. The minimum Gasteiger partial charge on any atom is -0.465 e. The molecule has 2 unspecified atom stereocenters. The molecule has 2 aromatic rings. The molecule has 1 aliphatic heterocycles. The molecule has 0 bridgehead atoms. The van der Waals surface area contributed by atoms with E-state index in [0.717, 1.165) is 69.7 Å². The van der Waals surface area contributed by atoms with E-state index in [1.165, 1.54) is 6.07 Å². The molecule has 2 aliphatic rings. The molecule has 0 spiro atoms. The fraction of sp³-hybridized carbons (Fsp3) is 0.520. The Morgan fingerprint density at radius 1 is 1.13 bits per heavy atom. The van der Waals surface area contributed by atoms with Crippen LogP contribution in [-0.4, -0.2) is 60.3 Å². The van der Waals surface area contributed by atoms with E-state index in [-0.39, 0.29) is 11.7 Å². The number of aliphatic hydroxyl groups is 1. The average Bonchev–Trinajstić information content (AvgIpc) is 3.20. The molecule has 30 heavy (non-hydrogen) atoms. The zero-order chi connectivity index (χ0) is 21.0. The van der Waals surface area contributed by atoms with Crippen LogP contribution in [0.4, 0.5) is 4.39 Å². The minimum absolute atomic E-state index is 0.0595. The van der Waals surface area contributed by atoms with Crippen LogP contribution in [0.15, 0.2) is 52.7 Å². The van der Waals surface area contributed by atoms with E-state index in [4.69, 9.17) is 4.42 Å². The first kappa shape index (κ1) is 21.3. The molecule has 1 saturated carbocycles. The summed E-state index contributed by atoms with van der Waals surface area (Å²) in [4.78, 5) is 4.81. The number of benzene rings is 1.